The van der Waals surface area contributed by atoms with Crippen LogP contribution in [0, 0.1) is 0 Å². The van der Waals surface area contributed by atoms with E-state index in [1.807, 2.05) is 24.3 Å². The van der Waals surface area contributed by atoms with Crippen LogP contribution < -0.4 is 15.4 Å². The number of hydrogen-bond donors (Lipinski definition) is 2. The Hall–Kier alpha value is -1.86. The molecule has 1 aromatic heterocycles. The molecule has 0 unspecified atom stereocenters. The average molecular weight is 409 g/mol. The van der Waals surface area contributed by atoms with E-state index in [0.717, 1.165) is 21.5 Å². The first-order valence-electron chi connectivity index (χ1n) is 7.66. The number of benzene rings is 1. The maximum Gasteiger partial charge on any atom is 0.257 e. The second-order valence-electron chi connectivity index (χ2n) is 5.46. The predicted octanol–water partition coefficient (Wildman–Crippen LogP) is 3.13. The van der Waals surface area contributed by atoms with Gasteiger partial charge in [-0.15, -0.1) is 11.3 Å². The molecule has 2 aromatic rings. The van der Waals surface area contributed by atoms with Gasteiger partial charge >= 0.3 is 0 Å². The number of halogens is 1. The second-order valence-corrected chi connectivity index (χ2v) is 8.01. The number of carbonyl (C=O) groups excluding carboxylic acids is 2. The molecular weight excluding hydrogens is 392 g/mol. The highest BCUT2D eigenvalue weighted by molar-refractivity contribution is 9.11. The fourth-order valence-electron chi connectivity index (χ4n) is 2.46. The van der Waals surface area contributed by atoms with E-state index in [-0.39, 0.29) is 18.4 Å². The molecule has 2 N–H and O–H groups in total. The topological polar surface area (TPSA) is 67.4 Å². The van der Waals surface area contributed by atoms with Crippen LogP contribution in [0.4, 0.5) is 5.69 Å². The smallest absolute Gasteiger partial charge is 0.257 e. The van der Waals surface area contributed by atoms with Crippen molar-refractivity contribution in [2.75, 3.05) is 18.5 Å². The summed E-state index contributed by atoms with van der Waals surface area (Å²) in [6.45, 7) is 0.574. The highest BCUT2D eigenvalue weighted by Crippen LogP contribution is 2.26. The zero-order valence-electron chi connectivity index (χ0n) is 12.9. The standard InChI is InChI=1S/C17H17BrN2O3S/c18-15-5-3-13(24-15)7-8-19-17(22)10-23-12-2-4-14-11(9-12)1-6-16(21)20-14/h2-5,9H,1,6-8,10H2,(H,19,22)(H,20,21). The van der Waals surface area contributed by atoms with Gasteiger partial charge in [0.2, 0.25) is 5.91 Å². The Morgan fingerprint density at radius 1 is 1.29 bits per heavy atom. The SMILES string of the molecule is O=C(COc1ccc2c(c1)CCC(=O)N2)NCCc1ccc(Br)s1. The third-order valence-electron chi connectivity index (χ3n) is 3.66. The number of rotatable bonds is 6. The van der Waals surface area contributed by atoms with Crippen molar-refractivity contribution in [3.8, 4) is 5.75 Å². The van der Waals surface area contributed by atoms with E-state index in [1.165, 1.54) is 4.88 Å². The molecule has 0 aliphatic carbocycles. The van der Waals surface area contributed by atoms with Crippen LogP contribution in [0.3, 0.4) is 0 Å². The molecule has 0 bridgehead atoms. The molecule has 0 saturated carbocycles. The lowest BCUT2D eigenvalue weighted by molar-refractivity contribution is -0.123. The molecular formula is C17H17BrN2O3S. The van der Waals surface area contributed by atoms with Crippen molar-refractivity contribution >= 4 is 44.8 Å². The van der Waals surface area contributed by atoms with Gasteiger partial charge in [-0.05, 0) is 64.7 Å². The summed E-state index contributed by atoms with van der Waals surface area (Å²) in [6.07, 6.45) is 1.98. The first-order chi connectivity index (χ1) is 11.6. The van der Waals surface area contributed by atoms with Crippen molar-refractivity contribution in [2.24, 2.45) is 0 Å². The summed E-state index contributed by atoms with van der Waals surface area (Å²) in [5, 5.41) is 5.67. The third-order valence-corrected chi connectivity index (χ3v) is 5.35. The Morgan fingerprint density at radius 2 is 2.17 bits per heavy atom. The second kappa shape index (κ2) is 7.81. The van der Waals surface area contributed by atoms with E-state index in [0.29, 0.717) is 25.1 Å². The lowest BCUT2D eigenvalue weighted by Crippen LogP contribution is -2.30. The molecule has 1 aromatic carbocycles. The number of ether oxygens (including phenoxy) is 1. The Kier molecular flexibility index (Phi) is 5.52. The van der Waals surface area contributed by atoms with Crippen LogP contribution in [-0.4, -0.2) is 25.0 Å². The lowest BCUT2D eigenvalue weighted by Gasteiger charge is -2.17. The van der Waals surface area contributed by atoms with Crippen molar-refractivity contribution < 1.29 is 14.3 Å². The zero-order valence-corrected chi connectivity index (χ0v) is 15.3. The predicted molar refractivity (Wildman–Crippen MR) is 97.6 cm³/mol. The van der Waals surface area contributed by atoms with E-state index in [4.69, 9.17) is 4.74 Å². The number of fused-ring (bicyclic) bond motifs is 1. The number of thiophene rings is 1. The molecule has 1 aliphatic heterocycles. The van der Waals surface area contributed by atoms with Gasteiger partial charge in [0.1, 0.15) is 5.75 Å². The van der Waals surface area contributed by atoms with Gasteiger partial charge in [0, 0.05) is 23.5 Å². The molecule has 0 saturated heterocycles. The molecule has 3 rings (SSSR count). The van der Waals surface area contributed by atoms with Crippen LogP contribution in [0.5, 0.6) is 5.75 Å². The molecule has 1 aliphatic rings. The van der Waals surface area contributed by atoms with Crippen LogP contribution in [0.1, 0.15) is 16.9 Å². The monoisotopic (exact) mass is 408 g/mol. The minimum absolute atomic E-state index is 0.0146. The molecule has 0 radical (unpaired) electrons. The largest absolute Gasteiger partial charge is 0.484 e. The van der Waals surface area contributed by atoms with Gasteiger partial charge in [-0.2, -0.15) is 0 Å². The maximum atomic E-state index is 11.8. The quantitative estimate of drug-likeness (QED) is 0.771. The van der Waals surface area contributed by atoms with Crippen LogP contribution in [0.15, 0.2) is 34.1 Å². The van der Waals surface area contributed by atoms with Crippen LogP contribution in [0.25, 0.3) is 0 Å². The molecule has 2 heterocycles. The average Bonchev–Trinajstić information content (AvgIpc) is 2.98. The van der Waals surface area contributed by atoms with E-state index in [2.05, 4.69) is 26.6 Å². The first kappa shape index (κ1) is 17.0. The molecule has 0 atom stereocenters. The summed E-state index contributed by atoms with van der Waals surface area (Å²) in [5.74, 6) is 0.534. The lowest BCUT2D eigenvalue weighted by atomic mass is 10.0. The van der Waals surface area contributed by atoms with Crippen molar-refractivity contribution in [2.45, 2.75) is 19.3 Å². The number of anilines is 1. The Labute approximate surface area is 152 Å². The highest BCUT2D eigenvalue weighted by Gasteiger charge is 2.15. The molecule has 24 heavy (non-hydrogen) atoms. The fourth-order valence-corrected chi connectivity index (χ4v) is 3.94. The molecule has 0 fully saturated rings. The van der Waals surface area contributed by atoms with Crippen molar-refractivity contribution in [1.29, 1.82) is 0 Å². The van der Waals surface area contributed by atoms with Crippen molar-refractivity contribution in [1.82, 2.24) is 5.32 Å². The molecule has 5 nitrogen and oxygen atoms in total. The summed E-state index contributed by atoms with van der Waals surface area (Å²) >= 11 is 5.09. The summed E-state index contributed by atoms with van der Waals surface area (Å²) in [6, 6.07) is 9.51. The van der Waals surface area contributed by atoms with Gasteiger partial charge in [0.15, 0.2) is 6.61 Å². The van der Waals surface area contributed by atoms with Crippen LogP contribution in [0.2, 0.25) is 0 Å². The summed E-state index contributed by atoms with van der Waals surface area (Å²) in [5.41, 5.74) is 1.86. The Balaban J connectivity index is 1.43. The fraction of sp³-hybridized carbons (Fsp3) is 0.294. The minimum Gasteiger partial charge on any atom is -0.484 e. The number of amides is 2. The van der Waals surface area contributed by atoms with Gasteiger partial charge in [-0.25, -0.2) is 0 Å². The van der Waals surface area contributed by atoms with E-state index < -0.39 is 0 Å². The summed E-state index contributed by atoms with van der Waals surface area (Å²) in [4.78, 5) is 24.4. The molecule has 126 valence electrons. The number of hydrogen-bond acceptors (Lipinski definition) is 4. The van der Waals surface area contributed by atoms with E-state index >= 15 is 0 Å². The van der Waals surface area contributed by atoms with Crippen LogP contribution >= 0.6 is 27.3 Å². The number of nitrogens with one attached hydrogen (secondary N) is 2. The van der Waals surface area contributed by atoms with Gasteiger partial charge in [-0.1, -0.05) is 0 Å². The summed E-state index contributed by atoms with van der Waals surface area (Å²) < 4.78 is 6.63. The Bertz CT molecular complexity index is 760. The maximum absolute atomic E-state index is 11.8. The first-order valence-corrected chi connectivity index (χ1v) is 9.27. The van der Waals surface area contributed by atoms with Crippen LogP contribution in [-0.2, 0) is 22.4 Å². The van der Waals surface area contributed by atoms with Gasteiger partial charge in [-0.3, -0.25) is 9.59 Å². The van der Waals surface area contributed by atoms with E-state index in [1.54, 1.807) is 17.4 Å². The van der Waals surface area contributed by atoms with Gasteiger partial charge in [0.05, 0.1) is 3.79 Å². The van der Waals surface area contributed by atoms with Crippen molar-refractivity contribution in [3.63, 3.8) is 0 Å². The van der Waals surface area contributed by atoms with E-state index in [9.17, 15) is 9.59 Å². The molecule has 2 amide bonds. The molecule has 0 spiro atoms. The number of carbonyl (C=O) groups is 2. The zero-order chi connectivity index (χ0) is 16.9. The Morgan fingerprint density at radius 3 is 2.96 bits per heavy atom. The highest BCUT2D eigenvalue weighted by atomic mass is 79.9. The summed E-state index contributed by atoms with van der Waals surface area (Å²) in [7, 11) is 0. The minimum atomic E-state index is -0.142. The van der Waals surface area contributed by atoms with Gasteiger partial charge < -0.3 is 15.4 Å². The third kappa shape index (κ3) is 4.58. The number of aryl methyl sites for hydroxylation is 1. The van der Waals surface area contributed by atoms with Gasteiger partial charge in [0.25, 0.3) is 5.91 Å². The normalized spacial score (nSPS) is 13.1. The molecule has 7 heteroatoms. The van der Waals surface area contributed by atoms with Crippen molar-refractivity contribution in [3.05, 3.63) is 44.6 Å².